The molecule has 4 nitrogen and oxygen atoms in total. The molecule has 0 radical (unpaired) electrons. The number of benzene rings is 1. The van der Waals surface area contributed by atoms with E-state index < -0.39 is 0 Å². The molecule has 0 aliphatic carbocycles. The third kappa shape index (κ3) is 2.60. The van der Waals surface area contributed by atoms with Crippen molar-refractivity contribution in [1.82, 2.24) is 4.98 Å². The second-order valence-electron chi connectivity index (χ2n) is 3.67. The molecule has 3 N–H and O–H groups in total. The molecule has 0 aliphatic rings. The van der Waals surface area contributed by atoms with Crippen LogP contribution in [-0.4, -0.2) is 10.8 Å². The molecule has 0 aliphatic heterocycles. The zero-order chi connectivity index (χ0) is 12.3. The number of aryl methyl sites for hydroxylation is 1. The minimum Gasteiger partial charge on any atom is -0.439 e. The van der Waals surface area contributed by atoms with Crippen LogP contribution in [0.15, 0.2) is 42.6 Å². The Bertz CT molecular complexity index is 535. The number of amidine groups is 1. The number of aromatic nitrogens is 1. The van der Waals surface area contributed by atoms with Crippen LogP contribution in [0.3, 0.4) is 0 Å². The Kier molecular flexibility index (Phi) is 3.05. The van der Waals surface area contributed by atoms with E-state index in [1.807, 2.05) is 31.2 Å². The highest BCUT2D eigenvalue weighted by Crippen LogP contribution is 2.22. The van der Waals surface area contributed by atoms with Crippen LogP contribution in [0, 0.1) is 12.3 Å². The van der Waals surface area contributed by atoms with E-state index in [-0.39, 0.29) is 5.84 Å². The van der Waals surface area contributed by atoms with Crippen LogP contribution in [0.4, 0.5) is 0 Å². The van der Waals surface area contributed by atoms with E-state index in [2.05, 4.69) is 4.98 Å². The van der Waals surface area contributed by atoms with Crippen molar-refractivity contribution in [3.63, 3.8) is 0 Å². The van der Waals surface area contributed by atoms with Crippen LogP contribution >= 0.6 is 0 Å². The normalized spacial score (nSPS) is 9.94. The zero-order valence-corrected chi connectivity index (χ0v) is 9.47. The smallest absolute Gasteiger partial charge is 0.219 e. The molecule has 1 aromatic heterocycles. The number of nitrogens with one attached hydrogen (secondary N) is 1. The van der Waals surface area contributed by atoms with Gasteiger partial charge in [-0.1, -0.05) is 18.2 Å². The lowest BCUT2D eigenvalue weighted by Gasteiger charge is -2.07. The topological polar surface area (TPSA) is 72.0 Å². The summed E-state index contributed by atoms with van der Waals surface area (Å²) in [7, 11) is 0. The van der Waals surface area contributed by atoms with Crippen LogP contribution in [-0.2, 0) is 0 Å². The Morgan fingerprint density at radius 1 is 1.24 bits per heavy atom. The molecule has 1 aromatic carbocycles. The summed E-state index contributed by atoms with van der Waals surface area (Å²) in [6, 6.07) is 11.1. The van der Waals surface area contributed by atoms with E-state index in [1.165, 1.54) is 6.20 Å². The summed E-state index contributed by atoms with van der Waals surface area (Å²) in [4.78, 5) is 4.09. The van der Waals surface area contributed by atoms with E-state index in [0.29, 0.717) is 11.4 Å². The van der Waals surface area contributed by atoms with Gasteiger partial charge in [0.25, 0.3) is 0 Å². The number of para-hydroxylation sites is 1. The summed E-state index contributed by atoms with van der Waals surface area (Å²) in [5.74, 6) is 1.26. The van der Waals surface area contributed by atoms with Crippen molar-refractivity contribution < 1.29 is 4.74 Å². The zero-order valence-electron chi connectivity index (χ0n) is 9.47. The Hall–Kier alpha value is -2.36. The van der Waals surface area contributed by atoms with Gasteiger partial charge in [0.15, 0.2) is 0 Å². The van der Waals surface area contributed by atoms with Gasteiger partial charge in [0.05, 0.1) is 0 Å². The maximum absolute atomic E-state index is 7.26. The summed E-state index contributed by atoms with van der Waals surface area (Å²) in [5.41, 5.74) is 6.97. The van der Waals surface area contributed by atoms with E-state index >= 15 is 0 Å². The van der Waals surface area contributed by atoms with Gasteiger partial charge in [-0.15, -0.1) is 0 Å². The first-order chi connectivity index (χ1) is 8.16. The molecule has 0 saturated heterocycles. The van der Waals surface area contributed by atoms with Gasteiger partial charge in [-0.3, -0.25) is 5.41 Å². The Labute approximate surface area is 99.6 Å². The Morgan fingerprint density at radius 3 is 2.59 bits per heavy atom. The summed E-state index contributed by atoms with van der Waals surface area (Å²) >= 11 is 0. The van der Waals surface area contributed by atoms with Crippen LogP contribution in [0.25, 0.3) is 0 Å². The molecule has 4 heteroatoms. The molecule has 0 bridgehead atoms. The largest absolute Gasteiger partial charge is 0.439 e. The first kappa shape index (κ1) is 11.1. The van der Waals surface area contributed by atoms with E-state index in [9.17, 15) is 0 Å². The highest BCUT2D eigenvalue weighted by atomic mass is 16.5. The highest BCUT2D eigenvalue weighted by molar-refractivity contribution is 5.94. The minimum atomic E-state index is -0.0000540. The van der Waals surface area contributed by atoms with E-state index in [0.717, 1.165) is 11.3 Å². The number of nitrogens with zero attached hydrogens (tertiary/aromatic N) is 1. The maximum Gasteiger partial charge on any atom is 0.219 e. The van der Waals surface area contributed by atoms with Gasteiger partial charge < -0.3 is 10.5 Å². The predicted molar refractivity (Wildman–Crippen MR) is 66.5 cm³/mol. The lowest BCUT2D eigenvalue weighted by Crippen LogP contribution is -2.11. The van der Waals surface area contributed by atoms with Gasteiger partial charge in [-0.25, -0.2) is 4.98 Å². The Morgan fingerprint density at radius 2 is 2.00 bits per heavy atom. The van der Waals surface area contributed by atoms with Crippen LogP contribution in [0.1, 0.15) is 11.1 Å². The second-order valence-corrected chi connectivity index (χ2v) is 3.67. The number of rotatable bonds is 3. The Balaban J connectivity index is 2.20. The summed E-state index contributed by atoms with van der Waals surface area (Å²) in [5, 5.41) is 7.26. The lowest BCUT2D eigenvalue weighted by atomic mass is 10.2. The quantitative estimate of drug-likeness (QED) is 0.625. The van der Waals surface area contributed by atoms with Gasteiger partial charge in [0.1, 0.15) is 11.6 Å². The third-order valence-corrected chi connectivity index (χ3v) is 2.36. The SMILES string of the molecule is Cc1ccccc1Oc1ccc(C(=N)N)cn1. The number of hydrogen-bond acceptors (Lipinski definition) is 3. The predicted octanol–water partition coefficient (Wildman–Crippen LogP) is 2.47. The molecule has 2 rings (SSSR count). The van der Waals surface area contributed by atoms with E-state index in [4.69, 9.17) is 15.9 Å². The van der Waals surface area contributed by atoms with Crippen molar-refractivity contribution in [1.29, 1.82) is 5.41 Å². The number of nitrogen functional groups attached to an aromatic ring is 1. The molecular formula is C13H13N3O. The van der Waals surface area contributed by atoms with Crippen molar-refractivity contribution in [3.8, 4) is 11.6 Å². The van der Waals surface area contributed by atoms with Crippen LogP contribution in [0.2, 0.25) is 0 Å². The molecule has 0 spiro atoms. The molecule has 86 valence electrons. The first-order valence-corrected chi connectivity index (χ1v) is 5.21. The molecule has 17 heavy (non-hydrogen) atoms. The van der Waals surface area contributed by atoms with Crippen LogP contribution in [0.5, 0.6) is 11.6 Å². The van der Waals surface area contributed by atoms with Crippen molar-refractivity contribution in [2.75, 3.05) is 0 Å². The van der Waals surface area contributed by atoms with Crippen molar-refractivity contribution in [2.24, 2.45) is 5.73 Å². The fourth-order valence-electron chi connectivity index (χ4n) is 1.38. The average Bonchev–Trinajstić information content (AvgIpc) is 2.33. The minimum absolute atomic E-state index is 0.0000540. The van der Waals surface area contributed by atoms with Crippen molar-refractivity contribution in [3.05, 3.63) is 53.7 Å². The molecule has 0 fully saturated rings. The fourth-order valence-corrected chi connectivity index (χ4v) is 1.38. The average molecular weight is 227 g/mol. The number of nitrogens with two attached hydrogens (primary N) is 1. The van der Waals surface area contributed by atoms with Gasteiger partial charge in [-0.05, 0) is 24.6 Å². The van der Waals surface area contributed by atoms with Gasteiger partial charge in [0, 0.05) is 17.8 Å². The fraction of sp³-hybridized carbons (Fsp3) is 0.0769. The third-order valence-electron chi connectivity index (χ3n) is 2.36. The number of pyridine rings is 1. The van der Waals surface area contributed by atoms with E-state index in [1.54, 1.807) is 12.1 Å². The molecule has 0 amide bonds. The molecule has 1 heterocycles. The number of ether oxygens (including phenoxy) is 1. The summed E-state index contributed by atoms with van der Waals surface area (Å²) < 4.78 is 5.62. The first-order valence-electron chi connectivity index (χ1n) is 5.21. The molecule has 0 atom stereocenters. The molecule has 0 unspecified atom stereocenters. The van der Waals surface area contributed by atoms with Gasteiger partial charge in [-0.2, -0.15) is 0 Å². The maximum atomic E-state index is 7.26. The molecule has 2 aromatic rings. The number of hydrogen-bond donors (Lipinski definition) is 2. The summed E-state index contributed by atoms with van der Waals surface area (Å²) in [6.07, 6.45) is 1.52. The van der Waals surface area contributed by atoms with Crippen molar-refractivity contribution >= 4 is 5.84 Å². The van der Waals surface area contributed by atoms with Crippen LogP contribution < -0.4 is 10.5 Å². The molecule has 0 saturated carbocycles. The summed E-state index contributed by atoms with van der Waals surface area (Å²) in [6.45, 7) is 1.97. The second kappa shape index (κ2) is 4.65. The van der Waals surface area contributed by atoms with Crippen molar-refractivity contribution in [2.45, 2.75) is 6.92 Å². The molecular weight excluding hydrogens is 214 g/mol. The van der Waals surface area contributed by atoms with Gasteiger partial charge >= 0.3 is 0 Å². The lowest BCUT2D eigenvalue weighted by molar-refractivity contribution is 0.459. The monoisotopic (exact) mass is 227 g/mol. The standard InChI is InChI=1S/C13H13N3O/c1-9-4-2-3-5-11(9)17-12-7-6-10(8-16-12)13(14)15/h2-8H,1H3,(H3,14,15). The van der Waals surface area contributed by atoms with Gasteiger partial charge in [0.2, 0.25) is 5.88 Å². The highest BCUT2D eigenvalue weighted by Gasteiger charge is 2.02.